The quantitative estimate of drug-likeness (QED) is 0.721. The maximum Gasteiger partial charge on any atom is 0.183 e. The summed E-state index contributed by atoms with van der Waals surface area (Å²) in [6.07, 6.45) is 6.76. The van der Waals surface area contributed by atoms with Crippen molar-refractivity contribution < 1.29 is 18.9 Å². The zero-order valence-electron chi connectivity index (χ0n) is 15.3. The second-order valence-corrected chi connectivity index (χ2v) is 6.87. The van der Waals surface area contributed by atoms with Gasteiger partial charge in [0.25, 0.3) is 0 Å². The zero-order chi connectivity index (χ0) is 18.2. The molecule has 3 rings (SSSR count). The van der Waals surface area contributed by atoms with E-state index in [1.165, 1.54) is 0 Å². The number of nitrogens with zero attached hydrogens (tertiary/aromatic N) is 1. The van der Waals surface area contributed by atoms with Gasteiger partial charge in [0.15, 0.2) is 12.6 Å². The van der Waals surface area contributed by atoms with Gasteiger partial charge in [-0.25, -0.2) is 0 Å². The Kier molecular flexibility index (Phi) is 7.22. The Hall–Kier alpha value is -1.71. The van der Waals surface area contributed by atoms with Crippen LogP contribution in [-0.2, 0) is 18.9 Å². The zero-order valence-corrected chi connectivity index (χ0v) is 15.3. The summed E-state index contributed by atoms with van der Waals surface area (Å²) in [5.41, 5.74) is 1.59. The van der Waals surface area contributed by atoms with E-state index in [2.05, 4.69) is 25.1 Å². The molecule has 0 bridgehead atoms. The van der Waals surface area contributed by atoms with Gasteiger partial charge in [-0.2, -0.15) is 5.26 Å². The van der Waals surface area contributed by atoms with E-state index in [0.29, 0.717) is 30.6 Å². The molecule has 1 aromatic carbocycles. The Morgan fingerprint density at radius 1 is 1.00 bits per heavy atom. The van der Waals surface area contributed by atoms with Gasteiger partial charge in [0, 0.05) is 17.4 Å². The van der Waals surface area contributed by atoms with Crippen LogP contribution in [0.5, 0.6) is 0 Å². The first-order valence-electron chi connectivity index (χ1n) is 9.41. The number of ether oxygens (including phenoxy) is 4. The first kappa shape index (κ1) is 19.1. The fourth-order valence-electron chi connectivity index (χ4n) is 3.15. The van der Waals surface area contributed by atoms with Gasteiger partial charge in [-0.1, -0.05) is 31.2 Å². The fourth-order valence-corrected chi connectivity index (χ4v) is 3.15. The molecule has 0 unspecified atom stereocenters. The van der Waals surface area contributed by atoms with Crippen molar-refractivity contribution in [3.63, 3.8) is 0 Å². The third kappa shape index (κ3) is 5.39. The molecule has 0 N–H and O–H groups in total. The van der Waals surface area contributed by atoms with Gasteiger partial charge in [-0.05, 0) is 31.4 Å². The van der Waals surface area contributed by atoms with Crippen molar-refractivity contribution in [1.82, 2.24) is 0 Å². The van der Waals surface area contributed by atoms with Gasteiger partial charge in [-0.3, -0.25) is 0 Å². The molecule has 0 amide bonds. The molecule has 0 saturated carbocycles. The van der Waals surface area contributed by atoms with Gasteiger partial charge >= 0.3 is 0 Å². The number of hydrogen-bond acceptors (Lipinski definition) is 5. The fraction of sp³-hybridized carbons (Fsp3) is 0.571. The lowest BCUT2D eigenvalue weighted by atomic mass is 10.0. The van der Waals surface area contributed by atoms with Crippen LogP contribution in [0.25, 0.3) is 0 Å². The Morgan fingerprint density at radius 2 is 1.69 bits per heavy atom. The molecule has 1 aromatic rings. The lowest BCUT2D eigenvalue weighted by molar-refractivity contribution is -0.217. The summed E-state index contributed by atoms with van der Waals surface area (Å²) in [5, 5.41) is 8.86. The summed E-state index contributed by atoms with van der Waals surface area (Å²) in [6.45, 7) is 4.93. The van der Waals surface area contributed by atoms with E-state index in [1.54, 1.807) is 12.1 Å². The van der Waals surface area contributed by atoms with Crippen molar-refractivity contribution in [3.05, 3.63) is 47.5 Å². The van der Waals surface area contributed by atoms with Gasteiger partial charge in [0.2, 0.25) is 0 Å². The van der Waals surface area contributed by atoms with Crippen LogP contribution in [0, 0.1) is 23.2 Å². The molecular formula is C21H27NO4. The standard InChI is InChI=1S/C21H27NO4/c1-2-3-4-17-12-23-20(24-13-17)10-7-18-14-25-21(26-15-18)19-8-5-16(11-22)6-9-19/h3-6,8-9,17-18,20-21H,2,7,10,12-15H2,1H3/b4-3+/t17-,18?,20-,21?. The average molecular weight is 357 g/mol. The number of nitriles is 1. The molecule has 5 nitrogen and oxygen atoms in total. The van der Waals surface area contributed by atoms with Crippen LogP contribution in [0.1, 0.15) is 43.6 Å². The van der Waals surface area contributed by atoms with Crippen LogP contribution in [-0.4, -0.2) is 32.7 Å². The molecule has 2 fully saturated rings. The van der Waals surface area contributed by atoms with Crippen LogP contribution in [0.4, 0.5) is 0 Å². The van der Waals surface area contributed by atoms with Gasteiger partial charge in [0.05, 0.1) is 38.1 Å². The summed E-state index contributed by atoms with van der Waals surface area (Å²) in [7, 11) is 0. The summed E-state index contributed by atoms with van der Waals surface area (Å²) in [5.74, 6) is 0.732. The second kappa shape index (κ2) is 9.84. The number of allylic oxidation sites excluding steroid dienone is 1. The van der Waals surface area contributed by atoms with E-state index in [4.69, 9.17) is 24.2 Å². The van der Waals surface area contributed by atoms with Crippen LogP contribution < -0.4 is 0 Å². The van der Waals surface area contributed by atoms with Crippen molar-refractivity contribution in [2.45, 2.75) is 38.8 Å². The van der Waals surface area contributed by atoms with Crippen LogP contribution in [0.2, 0.25) is 0 Å². The average Bonchev–Trinajstić information content (AvgIpc) is 2.72. The van der Waals surface area contributed by atoms with Gasteiger partial charge in [-0.15, -0.1) is 0 Å². The summed E-state index contributed by atoms with van der Waals surface area (Å²) >= 11 is 0. The molecule has 5 heteroatoms. The molecule has 2 saturated heterocycles. The van der Waals surface area contributed by atoms with Gasteiger partial charge < -0.3 is 18.9 Å². The van der Waals surface area contributed by atoms with Crippen LogP contribution >= 0.6 is 0 Å². The highest BCUT2D eigenvalue weighted by Gasteiger charge is 2.26. The molecule has 0 radical (unpaired) electrons. The SMILES string of the molecule is CC/C=C/[C@H]1CO[C@H](CCC2COC(c3ccc(C#N)cc3)OC2)OC1. The number of rotatable bonds is 6. The minimum Gasteiger partial charge on any atom is -0.352 e. The highest BCUT2D eigenvalue weighted by atomic mass is 16.7. The van der Waals surface area contributed by atoms with Crippen molar-refractivity contribution in [2.24, 2.45) is 11.8 Å². The van der Waals surface area contributed by atoms with E-state index in [1.807, 2.05) is 12.1 Å². The van der Waals surface area contributed by atoms with E-state index in [9.17, 15) is 0 Å². The van der Waals surface area contributed by atoms with E-state index < -0.39 is 0 Å². The molecule has 0 atom stereocenters. The summed E-state index contributed by atoms with van der Waals surface area (Å²) in [4.78, 5) is 0. The Morgan fingerprint density at radius 3 is 2.31 bits per heavy atom. The van der Waals surface area contributed by atoms with Gasteiger partial charge in [0.1, 0.15) is 0 Å². The predicted octanol–water partition coefficient (Wildman–Crippen LogP) is 3.96. The Labute approximate surface area is 155 Å². The maximum absolute atomic E-state index is 8.86. The lowest BCUT2D eigenvalue weighted by Gasteiger charge is -2.32. The number of benzene rings is 1. The monoisotopic (exact) mass is 357 g/mol. The topological polar surface area (TPSA) is 60.7 Å². The molecule has 2 heterocycles. The van der Waals surface area contributed by atoms with E-state index >= 15 is 0 Å². The first-order valence-corrected chi connectivity index (χ1v) is 9.41. The van der Waals surface area contributed by atoms with E-state index in [-0.39, 0.29) is 12.6 Å². The molecule has 0 aliphatic carbocycles. The highest BCUT2D eigenvalue weighted by molar-refractivity contribution is 5.32. The lowest BCUT2D eigenvalue weighted by Crippen LogP contribution is -2.33. The summed E-state index contributed by atoms with van der Waals surface area (Å²) in [6, 6.07) is 9.46. The molecule has 0 aromatic heterocycles. The largest absolute Gasteiger partial charge is 0.352 e. The minimum absolute atomic E-state index is 0.113. The Balaban J connectivity index is 1.35. The third-order valence-electron chi connectivity index (χ3n) is 4.73. The maximum atomic E-state index is 8.86. The van der Waals surface area contributed by atoms with Crippen molar-refractivity contribution in [3.8, 4) is 6.07 Å². The van der Waals surface area contributed by atoms with Crippen LogP contribution in [0.15, 0.2) is 36.4 Å². The minimum atomic E-state index is -0.340. The van der Waals surface area contributed by atoms with Crippen molar-refractivity contribution in [2.75, 3.05) is 26.4 Å². The second-order valence-electron chi connectivity index (χ2n) is 6.87. The number of hydrogen-bond donors (Lipinski definition) is 0. The molecule has 2 aliphatic heterocycles. The molecule has 0 spiro atoms. The van der Waals surface area contributed by atoms with Crippen molar-refractivity contribution in [1.29, 1.82) is 5.26 Å². The molecular weight excluding hydrogens is 330 g/mol. The smallest absolute Gasteiger partial charge is 0.183 e. The van der Waals surface area contributed by atoms with E-state index in [0.717, 1.165) is 38.0 Å². The highest BCUT2D eigenvalue weighted by Crippen LogP contribution is 2.28. The van der Waals surface area contributed by atoms with Crippen LogP contribution in [0.3, 0.4) is 0 Å². The molecule has 140 valence electrons. The third-order valence-corrected chi connectivity index (χ3v) is 4.73. The first-order chi connectivity index (χ1) is 12.8. The molecule has 2 aliphatic rings. The Bertz CT molecular complexity index is 606. The van der Waals surface area contributed by atoms with Crippen molar-refractivity contribution >= 4 is 0 Å². The predicted molar refractivity (Wildman–Crippen MR) is 97.1 cm³/mol. The summed E-state index contributed by atoms with van der Waals surface area (Å²) < 4.78 is 23.3. The molecule has 26 heavy (non-hydrogen) atoms. The normalized spacial score (nSPS) is 29.5.